The van der Waals surface area contributed by atoms with Crippen LogP contribution in [-0.2, 0) is 11.3 Å². The zero-order valence-electron chi connectivity index (χ0n) is 15.5. The van der Waals surface area contributed by atoms with Crippen molar-refractivity contribution in [2.24, 2.45) is 0 Å². The Labute approximate surface area is 163 Å². The molecular weight excluding hydrogens is 350 g/mol. The number of methoxy groups -OCH3 is 1. The number of fused-ring (bicyclic) bond motifs is 1. The molecule has 28 heavy (non-hydrogen) atoms. The number of anilines is 1. The van der Waals surface area contributed by atoms with Crippen LogP contribution in [0.2, 0.25) is 0 Å². The average molecular weight is 369 g/mol. The smallest absolute Gasteiger partial charge is 0.259 e. The third-order valence-corrected chi connectivity index (χ3v) is 4.77. The van der Waals surface area contributed by atoms with Crippen molar-refractivity contribution in [3.8, 4) is 5.75 Å². The van der Waals surface area contributed by atoms with Gasteiger partial charge in [-0.2, -0.15) is 0 Å². The molecule has 4 nitrogen and oxygen atoms in total. The van der Waals surface area contributed by atoms with Crippen LogP contribution in [0.1, 0.15) is 21.5 Å². The van der Waals surface area contributed by atoms with E-state index in [-0.39, 0.29) is 11.7 Å². The molecule has 0 spiro atoms. The molecule has 0 saturated heterocycles. The predicted molar refractivity (Wildman–Crippen MR) is 109 cm³/mol. The summed E-state index contributed by atoms with van der Waals surface area (Å²) in [6.07, 6.45) is 1.43. The van der Waals surface area contributed by atoms with Gasteiger partial charge in [-0.3, -0.25) is 9.59 Å². The molecule has 4 heteroatoms. The van der Waals surface area contributed by atoms with Gasteiger partial charge in [-0.1, -0.05) is 60.7 Å². The summed E-state index contributed by atoms with van der Waals surface area (Å²) >= 11 is 0. The molecule has 4 rings (SSSR count). The van der Waals surface area contributed by atoms with Crippen molar-refractivity contribution >= 4 is 23.0 Å². The molecule has 0 radical (unpaired) electrons. The molecular formula is C24H19NO3. The van der Waals surface area contributed by atoms with Gasteiger partial charge in [-0.05, 0) is 29.8 Å². The Bertz CT molecular complexity index is 1070. The van der Waals surface area contributed by atoms with E-state index >= 15 is 0 Å². The van der Waals surface area contributed by atoms with Crippen molar-refractivity contribution in [2.75, 3.05) is 12.0 Å². The Morgan fingerprint density at radius 2 is 1.71 bits per heavy atom. The second-order valence-corrected chi connectivity index (χ2v) is 6.55. The lowest BCUT2D eigenvalue weighted by molar-refractivity contribution is -0.113. The molecule has 0 atom stereocenters. The molecule has 0 saturated carbocycles. The molecule has 1 aliphatic rings. The molecule has 1 amide bonds. The van der Waals surface area contributed by atoms with E-state index < -0.39 is 0 Å². The minimum atomic E-state index is -0.224. The summed E-state index contributed by atoms with van der Waals surface area (Å²) in [5, 5.41) is 0. The first kappa shape index (κ1) is 17.7. The maximum atomic E-state index is 13.1. The highest BCUT2D eigenvalue weighted by Gasteiger charge is 2.32. The molecule has 0 aliphatic carbocycles. The van der Waals surface area contributed by atoms with Crippen LogP contribution < -0.4 is 9.64 Å². The lowest BCUT2D eigenvalue weighted by Crippen LogP contribution is -2.25. The Balaban J connectivity index is 1.70. The zero-order valence-corrected chi connectivity index (χ0v) is 15.5. The van der Waals surface area contributed by atoms with Gasteiger partial charge in [0.25, 0.3) is 5.91 Å². The number of benzene rings is 3. The Hall–Kier alpha value is -3.66. The van der Waals surface area contributed by atoms with Crippen LogP contribution in [0.15, 0.2) is 84.9 Å². The van der Waals surface area contributed by atoms with Crippen molar-refractivity contribution < 1.29 is 14.3 Å². The fourth-order valence-electron chi connectivity index (χ4n) is 3.36. The van der Waals surface area contributed by atoms with E-state index in [1.807, 2.05) is 54.6 Å². The van der Waals surface area contributed by atoms with Crippen molar-refractivity contribution in [3.05, 3.63) is 102 Å². The van der Waals surface area contributed by atoms with Crippen LogP contribution in [0.4, 0.5) is 5.69 Å². The fourth-order valence-corrected chi connectivity index (χ4v) is 3.36. The van der Waals surface area contributed by atoms with Crippen LogP contribution in [0.25, 0.3) is 5.57 Å². The molecule has 0 N–H and O–H groups in total. The SMILES string of the molecule is COc1cccc(C(=O)/C=C2/C(=O)N(Cc3ccccc3)c3ccccc32)c1. The molecule has 1 heterocycles. The van der Waals surface area contributed by atoms with Crippen LogP contribution in [-0.4, -0.2) is 18.8 Å². The highest BCUT2D eigenvalue weighted by Crippen LogP contribution is 2.37. The summed E-state index contributed by atoms with van der Waals surface area (Å²) in [7, 11) is 1.56. The molecule has 3 aromatic rings. The number of ether oxygens (including phenoxy) is 1. The van der Waals surface area contributed by atoms with E-state index in [0.717, 1.165) is 16.8 Å². The van der Waals surface area contributed by atoms with Gasteiger partial charge in [-0.15, -0.1) is 0 Å². The topological polar surface area (TPSA) is 46.6 Å². The Kier molecular flexibility index (Phi) is 4.77. The maximum absolute atomic E-state index is 13.1. The van der Waals surface area contributed by atoms with E-state index in [9.17, 15) is 9.59 Å². The monoisotopic (exact) mass is 369 g/mol. The number of para-hydroxylation sites is 1. The number of ketones is 1. The summed E-state index contributed by atoms with van der Waals surface area (Å²) in [4.78, 5) is 27.6. The second-order valence-electron chi connectivity index (χ2n) is 6.55. The second kappa shape index (κ2) is 7.53. The molecule has 3 aromatic carbocycles. The highest BCUT2D eigenvalue weighted by molar-refractivity contribution is 6.35. The summed E-state index contributed by atoms with van der Waals surface area (Å²) in [5.41, 5.74) is 3.53. The van der Waals surface area contributed by atoms with E-state index in [4.69, 9.17) is 4.74 Å². The zero-order chi connectivity index (χ0) is 19.5. The summed E-state index contributed by atoms with van der Waals surface area (Å²) < 4.78 is 5.19. The number of allylic oxidation sites excluding steroid dienone is 1. The third kappa shape index (κ3) is 3.32. The summed E-state index contributed by atoms with van der Waals surface area (Å²) in [6, 6.07) is 24.3. The minimum Gasteiger partial charge on any atom is -0.497 e. The number of hydrogen-bond donors (Lipinski definition) is 0. The third-order valence-electron chi connectivity index (χ3n) is 4.77. The molecule has 0 bridgehead atoms. The number of nitrogens with zero attached hydrogens (tertiary/aromatic N) is 1. The fraction of sp³-hybridized carbons (Fsp3) is 0.0833. The standard InChI is InChI=1S/C24H19NO3/c1-28-19-11-7-10-18(14-19)23(26)15-21-20-12-5-6-13-22(20)25(24(21)27)16-17-8-3-2-4-9-17/h2-15H,16H2,1H3/b21-15+. The van der Waals surface area contributed by atoms with Crippen LogP contribution in [0.5, 0.6) is 5.75 Å². The van der Waals surface area contributed by atoms with Gasteiger partial charge in [-0.25, -0.2) is 0 Å². The summed E-state index contributed by atoms with van der Waals surface area (Å²) in [6.45, 7) is 0.460. The lowest BCUT2D eigenvalue weighted by Gasteiger charge is -2.17. The van der Waals surface area contributed by atoms with Crippen molar-refractivity contribution in [3.63, 3.8) is 0 Å². The molecule has 1 aliphatic heterocycles. The van der Waals surface area contributed by atoms with Crippen molar-refractivity contribution in [2.45, 2.75) is 6.54 Å². The van der Waals surface area contributed by atoms with Crippen molar-refractivity contribution in [1.29, 1.82) is 0 Å². The van der Waals surface area contributed by atoms with Crippen molar-refractivity contribution in [1.82, 2.24) is 0 Å². The quantitative estimate of drug-likeness (QED) is 0.491. The number of carbonyl (C=O) groups is 2. The number of amides is 1. The first-order valence-corrected chi connectivity index (χ1v) is 9.02. The van der Waals surface area contributed by atoms with E-state index in [0.29, 0.717) is 23.4 Å². The van der Waals surface area contributed by atoms with Gasteiger partial charge in [0.05, 0.1) is 24.9 Å². The first-order valence-electron chi connectivity index (χ1n) is 9.02. The summed E-state index contributed by atoms with van der Waals surface area (Å²) in [5.74, 6) is 0.216. The van der Waals surface area contributed by atoms with Gasteiger partial charge < -0.3 is 9.64 Å². The number of carbonyl (C=O) groups excluding carboxylic acids is 2. The normalized spacial score (nSPS) is 14.2. The van der Waals surface area contributed by atoms with E-state index in [1.54, 1.807) is 36.3 Å². The molecule has 0 fully saturated rings. The van der Waals surface area contributed by atoms with Crippen LogP contribution >= 0.6 is 0 Å². The lowest BCUT2D eigenvalue weighted by atomic mass is 10.0. The molecule has 0 aromatic heterocycles. The van der Waals surface area contributed by atoms with E-state index in [2.05, 4.69) is 0 Å². The maximum Gasteiger partial charge on any atom is 0.259 e. The Morgan fingerprint density at radius 1 is 0.964 bits per heavy atom. The van der Waals surface area contributed by atoms with Gasteiger partial charge in [0.15, 0.2) is 5.78 Å². The minimum absolute atomic E-state index is 0.165. The largest absolute Gasteiger partial charge is 0.497 e. The predicted octanol–water partition coefficient (Wildman–Crippen LogP) is 4.51. The number of rotatable bonds is 5. The Morgan fingerprint density at radius 3 is 2.50 bits per heavy atom. The van der Waals surface area contributed by atoms with Gasteiger partial charge >= 0.3 is 0 Å². The van der Waals surface area contributed by atoms with E-state index in [1.165, 1.54) is 6.08 Å². The molecule has 0 unspecified atom stereocenters. The van der Waals surface area contributed by atoms with Crippen LogP contribution in [0, 0.1) is 0 Å². The first-order chi connectivity index (χ1) is 13.7. The average Bonchev–Trinajstić information content (AvgIpc) is 3.00. The van der Waals surface area contributed by atoms with Gasteiger partial charge in [0, 0.05) is 11.1 Å². The highest BCUT2D eigenvalue weighted by atomic mass is 16.5. The van der Waals surface area contributed by atoms with Crippen LogP contribution in [0.3, 0.4) is 0 Å². The number of hydrogen-bond acceptors (Lipinski definition) is 3. The van der Waals surface area contributed by atoms with Gasteiger partial charge in [0.2, 0.25) is 0 Å². The molecule has 138 valence electrons. The van der Waals surface area contributed by atoms with Gasteiger partial charge in [0.1, 0.15) is 5.75 Å².